The maximum absolute atomic E-state index is 12.4. The molecule has 3 N–H and O–H groups in total. The number of rotatable bonds is 3. The fourth-order valence-electron chi connectivity index (χ4n) is 3.33. The van der Waals surface area contributed by atoms with E-state index in [-0.39, 0.29) is 5.91 Å². The molecule has 8 heteroatoms. The molecule has 0 radical (unpaired) electrons. The van der Waals surface area contributed by atoms with Crippen molar-refractivity contribution < 1.29 is 4.79 Å². The van der Waals surface area contributed by atoms with Crippen molar-refractivity contribution in [2.75, 3.05) is 6.54 Å². The first-order valence-corrected chi connectivity index (χ1v) is 8.29. The molecular formula is C15H21N7O. The molecule has 4 rings (SSSR count). The third kappa shape index (κ3) is 2.74. The molecule has 0 saturated heterocycles. The minimum Gasteiger partial charge on any atom is -0.343 e. The zero-order valence-corrected chi connectivity index (χ0v) is 13.1. The molecule has 1 amide bonds. The predicted octanol–water partition coefficient (Wildman–Crippen LogP) is 0.303. The van der Waals surface area contributed by atoms with Crippen molar-refractivity contribution >= 4 is 5.91 Å². The van der Waals surface area contributed by atoms with Gasteiger partial charge in [0.15, 0.2) is 11.5 Å². The molecule has 2 aromatic heterocycles. The Balaban J connectivity index is 1.46. The van der Waals surface area contributed by atoms with Crippen LogP contribution in [0, 0.1) is 0 Å². The van der Waals surface area contributed by atoms with Gasteiger partial charge >= 0.3 is 0 Å². The summed E-state index contributed by atoms with van der Waals surface area (Å²) in [6.45, 7) is 2.94. The molecule has 0 aromatic carbocycles. The number of fused-ring (bicyclic) bond motifs is 2. The van der Waals surface area contributed by atoms with Gasteiger partial charge < -0.3 is 15.2 Å². The number of carbonyl (C=O) groups is 1. The molecule has 0 atom stereocenters. The lowest BCUT2D eigenvalue weighted by molar-refractivity contribution is 0.0943. The average Bonchev–Trinajstić information content (AvgIpc) is 3.10. The second-order valence-corrected chi connectivity index (χ2v) is 6.13. The number of nitrogens with one attached hydrogen (secondary N) is 3. The zero-order chi connectivity index (χ0) is 15.6. The van der Waals surface area contributed by atoms with E-state index >= 15 is 0 Å². The normalized spacial score (nSPS) is 17.2. The van der Waals surface area contributed by atoms with E-state index in [9.17, 15) is 4.79 Å². The zero-order valence-electron chi connectivity index (χ0n) is 13.1. The largest absolute Gasteiger partial charge is 0.343 e. The van der Waals surface area contributed by atoms with Gasteiger partial charge in [-0.05, 0) is 12.8 Å². The molecule has 0 bridgehead atoms. The number of hydrogen-bond donors (Lipinski definition) is 3. The summed E-state index contributed by atoms with van der Waals surface area (Å²) in [5.74, 6) is 1.71. The quantitative estimate of drug-likeness (QED) is 0.756. The fourth-order valence-corrected chi connectivity index (χ4v) is 3.33. The van der Waals surface area contributed by atoms with Crippen LogP contribution in [0.15, 0.2) is 0 Å². The lowest BCUT2D eigenvalue weighted by Crippen LogP contribution is -2.29. The Hall–Kier alpha value is -2.22. The van der Waals surface area contributed by atoms with Crippen molar-refractivity contribution in [3.63, 3.8) is 0 Å². The Morgan fingerprint density at radius 3 is 3.13 bits per heavy atom. The van der Waals surface area contributed by atoms with Crippen molar-refractivity contribution in [2.24, 2.45) is 0 Å². The van der Waals surface area contributed by atoms with Crippen LogP contribution in [0.25, 0.3) is 0 Å². The molecular weight excluding hydrogens is 294 g/mol. The SMILES string of the molecule is O=C(NCc1nnc2n1CCCCC2)c1n[nH]c2c1CNCC2. The van der Waals surface area contributed by atoms with Gasteiger partial charge in [-0.1, -0.05) is 6.42 Å². The number of hydrogen-bond acceptors (Lipinski definition) is 5. The van der Waals surface area contributed by atoms with Gasteiger partial charge in [-0.25, -0.2) is 0 Å². The van der Waals surface area contributed by atoms with Crippen molar-refractivity contribution in [1.82, 2.24) is 35.6 Å². The minimum absolute atomic E-state index is 0.155. The van der Waals surface area contributed by atoms with Gasteiger partial charge in [0.1, 0.15) is 5.82 Å². The standard InChI is InChI=1S/C15H21N7O/c23-15(14-10-8-16-6-5-11(10)18-21-14)17-9-13-20-19-12-4-2-1-3-7-22(12)13/h16H,1-9H2,(H,17,23)(H,18,21). The second kappa shape index (κ2) is 6.11. The third-order valence-electron chi connectivity index (χ3n) is 4.61. The fraction of sp³-hybridized carbons (Fsp3) is 0.600. The smallest absolute Gasteiger partial charge is 0.272 e. The average molecular weight is 315 g/mol. The number of aromatic amines is 1. The minimum atomic E-state index is -0.155. The maximum Gasteiger partial charge on any atom is 0.272 e. The Kier molecular flexibility index (Phi) is 3.82. The molecule has 122 valence electrons. The summed E-state index contributed by atoms with van der Waals surface area (Å²) < 4.78 is 2.15. The molecule has 0 saturated carbocycles. The van der Waals surface area contributed by atoms with Crippen molar-refractivity contribution in [1.29, 1.82) is 0 Å². The maximum atomic E-state index is 12.4. The Bertz CT molecular complexity index is 717. The molecule has 0 spiro atoms. The van der Waals surface area contributed by atoms with E-state index in [4.69, 9.17) is 0 Å². The van der Waals surface area contributed by atoms with Gasteiger partial charge in [0.2, 0.25) is 0 Å². The van der Waals surface area contributed by atoms with Gasteiger partial charge in [0, 0.05) is 43.7 Å². The Morgan fingerprint density at radius 1 is 1.22 bits per heavy atom. The summed E-state index contributed by atoms with van der Waals surface area (Å²) in [6, 6.07) is 0. The molecule has 2 aliphatic heterocycles. The van der Waals surface area contributed by atoms with Crippen LogP contribution in [0.3, 0.4) is 0 Å². The summed E-state index contributed by atoms with van der Waals surface area (Å²) in [5.41, 5.74) is 2.53. The van der Waals surface area contributed by atoms with Crippen LogP contribution in [0.2, 0.25) is 0 Å². The molecule has 2 aromatic rings. The molecule has 23 heavy (non-hydrogen) atoms. The summed E-state index contributed by atoms with van der Waals surface area (Å²) in [4.78, 5) is 12.4. The van der Waals surface area contributed by atoms with Crippen LogP contribution < -0.4 is 10.6 Å². The van der Waals surface area contributed by atoms with Crippen LogP contribution in [-0.2, 0) is 32.5 Å². The van der Waals surface area contributed by atoms with Crippen molar-refractivity contribution in [3.8, 4) is 0 Å². The summed E-state index contributed by atoms with van der Waals surface area (Å²) in [5, 5.41) is 21.9. The van der Waals surface area contributed by atoms with Crippen molar-refractivity contribution in [3.05, 3.63) is 28.6 Å². The third-order valence-corrected chi connectivity index (χ3v) is 4.61. The van der Waals surface area contributed by atoms with Gasteiger partial charge in [0.05, 0.1) is 6.54 Å². The van der Waals surface area contributed by atoms with Gasteiger partial charge in [0.25, 0.3) is 5.91 Å². The lowest BCUT2D eigenvalue weighted by Gasteiger charge is -2.13. The molecule has 0 unspecified atom stereocenters. The van der Waals surface area contributed by atoms with E-state index in [0.29, 0.717) is 18.8 Å². The second-order valence-electron chi connectivity index (χ2n) is 6.13. The first-order chi connectivity index (χ1) is 11.3. The number of carbonyl (C=O) groups excluding carboxylic acids is 1. The van der Waals surface area contributed by atoms with Gasteiger partial charge in [-0.2, -0.15) is 5.10 Å². The summed E-state index contributed by atoms with van der Waals surface area (Å²) in [7, 11) is 0. The lowest BCUT2D eigenvalue weighted by atomic mass is 10.1. The Morgan fingerprint density at radius 2 is 2.17 bits per heavy atom. The first kappa shape index (κ1) is 14.4. The van der Waals surface area contributed by atoms with Gasteiger partial charge in [-0.3, -0.25) is 9.89 Å². The topological polar surface area (TPSA) is 101 Å². The highest BCUT2D eigenvalue weighted by Gasteiger charge is 2.22. The van der Waals surface area contributed by atoms with Crippen molar-refractivity contribution in [2.45, 2.75) is 51.7 Å². The van der Waals surface area contributed by atoms with E-state index in [0.717, 1.165) is 61.7 Å². The Labute approximate surface area is 134 Å². The highest BCUT2D eigenvalue weighted by atomic mass is 16.1. The number of amides is 1. The monoisotopic (exact) mass is 315 g/mol. The van der Waals surface area contributed by atoms with E-state index in [1.807, 2.05) is 0 Å². The van der Waals surface area contributed by atoms with Gasteiger partial charge in [-0.15, -0.1) is 10.2 Å². The highest BCUT2D eigenvalue weighted by molar-refractivity contribution is 5.93. The number of H-pyrrole nitrogens is 1. The summed E-state index contributed by atoms with van der Waals surface area (Å²) >= 11 is 0. The number of aromatic nitrogens is 5. The predicted molar refractivity (Wildman–Crippen MR) is 82.7 cm³/mol. The van der Waals surface area contributed by atoms with Crippen LogP contribution in [0.4, 0.5) is 0 Å². The van der Waals surface area contributed by atoms with E-state index < -0.39 is 0 Å². The van der Waals surface area contributed by atoms with E-state index in [1.54, 1.807) is 0 Å². The highest BCUT2D eigenvalue weighted by Crippen LogP contribution is 2.16. The summed E-state index contributed by atoms with van der Waals surface area (Å²) in [6.07, 6.45) is 5.38. The van der Waals surface area contributed by atoms with E-state index in [1.165, 1.54) is 6.42 Å². The molecule has 8 nitrogen and oxygen atoms in total. The van der Waals surface area contributed by atoms with E-state index in [2.05, 4.69) is 35.6 Å². The molecule has 0 fully saturated rings. The van der Waals surface area contributed by atoms with Crippen LogP contribution in [0.5, 0.6) is 0 Å². The van der Waals surface area contributed by atoms with Crippen LogP contribution in [-0.4, -0.2) is 37.4 Å². The first-order valence-electron chi connectivity index (χ1n) is 8.29. The number of nitrogens with zero attached hydrogens (tertiary/aromatic N) is 4. The molecule has 2 aliphatic rings. The van der Waals surface area contributed by atoms with Crippen LogP contribution >= 0.6 is 0 Å². The molecule has 4 heterocycles. The molecule has 0 aliphatic carbocycles. The van der Waals surface area contributed by atoms with Crippen LogP contribution in [0.1, 0.15) is 52.7 Å². The number of aryl methyl sites for hydroxylation is 1.